The van der Waals surface area contributed by atoms with Gasteiger partial charge in [-0.05, 0) is 50.6 Å². The molecule has 5 nitrogen and oxygen atoms in total. The zero-order valence-electron chi connectivity index (χ0n) is 10.7. The summed E-state index contributed by atoms with van der Waals surface area (Å²) in [5.41, 5.74) is 2.45. The van der Waals surface area contributed by atoms with Gasteiger partial charge in [-0.3, -0.25) is 9.59 Å². The zero-order valence-corrected chi connectivity index (χ0v) is 13.1. The number of carbonyl (C=O) groups excluding carboxylic acids is 2. The maximum absolute atomic E-state index is 11.6. The van der Waals surface area contributed by atoms with Crippen LogP contribution in [0.15, 0.2) is 33.4 Å². The maximum atomic E-state index is 11.6. The van der Waals surface area contributed by atoms with Gasteiger partial charge in [-0.2, -0.15) is 0 Å². The number of aliphatic hydroxyl groups is 1. The van der Waals surface area contributed by atoms with Crippen molar-refractivity contribution >= 4 is 50.5 Å². The Labute approximate surface area is 133 Å². The smallest absolute Gasteiger partial charge is 0.233 e. The summed E-state index contributed by atoms with van der Waals surface area (Å²) in [5.74, 6) is -0.711. The van der Waals surface area contributed by atoms with Gasteiger partial charge in [0.2, 0.25) is 11.8 Å². The van der Waals surface area contributed by atoms with E-state index in [0.29, 0.717) is 16.9 Å². The summed E-state index contributed by atoms with van der Waals surface area (Å²) < 4.78 is 0.937. The first-order valence-corrected chi connectivity index (χ1v) is 7.86. The average molecular weight is 367 g/mol. The Morgan fingerprint density at radius 3 is 2.48 bits per heavy atom. The van der Waals surface area contributed by atoms with Crippen LogP contribution in [-0.2, 0) is 9.59 Å². The minimum atomic E-state index is -0.784. The standard InChI is InChI=1S/C14H11BrN2O3S/c15-11-4-8(6-21-11)14(20)7-1-2-9-10(3-7)17-13(19)5-12(18)16-9/h1-4,6,14,20H,5H2,(H,16,18)(H,17,19). The molecule has 0 bridgehead atoms. The third-order valence-corrected chi connectivity index (χ3v) is 4.65. The molecule has 0 fully saturated rings. The number of hydrogen-bond donors (Lipinski definition) is 3. The Morgan fingerprint density at radius 1 is 1.10 bits per heavy atom. The molecule has 1 unspecified atom stereocenters. The number of carbonyl (C=O) groups is 2. The summed E-state index contributed by atoms with van der Waals surface area (Å²) in [7, 11) is 0. The van der Waals surface area contributed by atoms with Crippen molar-refractivity contribution in [3.8, 4) is 0 Å². The van der Waals surface area contributed by atoms with Crippen LogP contribution in [0.4, 0.5) is 11.4 Å². The van der Waals surface area contributed by atoms with Gasteiger partial charge in [0.1, 0.15) is 12.5 Å². The second-order valence-electron chi connectivity index (χ2n) is 4.66. The fourth-order valence-electron chi connectivity index (χ4n) is 2.14. The molecule has 3 N–H and O–H groups in total. The minimum absolute atomic E-state index is 0.204. The SMILES string of the molecule is O=C1CC(=O)Nc2cc(C(O)c3csc(Br)c3)ccc2N1. The molecule has 7 heteroatoms. The number of hydrogen-bond acceptors (Lipinski definition) is 4. The van der Waals surface area contributed by atoms with E-state index in [1.807, 2.05) is 11.4 Å². The number of aliphatic hydroxyl groups excluding tert-OH is 1. The molecule has 108 valence electrons. The van der Waals surface area contributed by atoms with Crippen LogP contribution in [0.25, 0.3) is 0 Å². The Hall–Kier alpha value is -1.70. The first-order chi connectivity index (χ1) is 10.0. The molecule has 1 atom stereocenters. The predicted molar refractivity (Wildman–Crippen MR) is 84.4 cm³/mol. The molecule has 0 radical (unpaired) electrons. The predicted octanol–water partition coefficient (Wildman–Crippen LogP) is 2.87. The van der Waals surface area contributed by atoms with E-state index in [-0.39, 0.29) is 18.2 Å². The molecule has 1 aromatic heterocycles. The van der Waals surface area contributed by atoms with Crippen LogP contribution < -0.4 is 10.6 Å². The quantitative estimate of drug-likeness (QED) is 0.715. The highest BCUT2D eigenvalue weighted by Gasteiger charge is 2.20. The fraction of sp³-hybridized carbons (Fsp3) is 0.143. The number of amides is 2. The monoisotopic (exact) mass is 366 g/mol. The molecular weight excluding hydrogens is 356 g/mol. The lowest BCUT2D eigenvalue weighted by Gasteiger charge is -2.13. The summed E-state index contributed by atoms with van der Waals surface area (Å²) in [6.07, 6.45) is -0.988. The topological polar surface area (TPSA) is 78.4 Å². The summed E-state index contributed by atoms with van der Waals surface area (Å²) in [6.45, 7) is 0. The molecule has 21 heavy (non-hydrogen) atoms. The molecule has 1 aliphatic rings. The van der Waals surface area contributed by atoms with Crippen LogP contribution in [0, 0.1) is 0 Å². The normalized spacial score (nSPS) is 15.7. The maximum Gasteiger partial charge on any atom is 0.233 e. The van der Waals surface area contributed by atoms with Gasteiger partial charge in [0.05, 0.1) is 15.2 Å². The molecule has 0 saturated heterocycles. The molecule has 1 aliphatic heterocycles. The van der Waals surface area contributed by atoms with Crippen molar-refractivity contribution in [3.63, 3.8) is 0 Å². The number of rotatable bonds is 2. The molecule has 2 heterocycles. The van der Waals surface area contributed by atoms with Crippen LogP contribution in [0.1, 0.15) is 23.7 Å². The first-order valence-electron chi connectivity index (χ1n) is 6.18. The highest BCUT2D eigenvalue weighted by Crippen LogP contribution is 2.33. The van der Waals surface area contributed by atoms with Gasteiger partial charge >= 0.3 is 0 Å². The fourth-order valence-corrected chi connectivity index (χ4v) is 3.33. The summed E-state index contributed by atoms with van der Waals surface area (Å²) in [6, 6.07) is 6.93. The molecule has 2 aromatic rings. The summed E-state index contributed by atoms with van der Waals surface area (Å²) in [5, 5.41) is 17.6. The lowest BCUT2D eigenvalue weighted by atomic mass is 10.0. The van der Waals surface area contributed by atoms with Gasteiger partial charge < -0.3 is 15.7 Å². The lowest BCUT2D eigenvalue weighted by molar-refractivity contribution is -0.123. The minimum Gasteiger partial charge on any atom is -0.384 e. The van der Waals surface area contributed by atoms with Crippen LogP contribution >= 0.6 is 27.3 Å². The number of anilines is 2. The van der Waals surface area contributed by atoms with E-state index in [2.05, 4.69) is 26.6 Å². The molecule has 2 amide bonds. The molecule has 0 aliphatic carbocycles. The summed E-state index contributed by atoms with van der Waals surface area (Å²) in [4.78, 5) is 23.0. The lowest BCUT2D eigenvalue weighted by Crippen LogP contribution is -2.16. The van der Waals surface area contributed by atoms with E-state index in [1.165, 1.54) is 11.3 Å². The van der Waals surface area contributed by atoms with Gasteiger partial charge in [0.25, 0.3) is 0 Å². The Kier molecular flexibility index (Phi) is 3.79. The largest absolute Gasteiger partial charge is 0.384 e. The van der Waals surface area contributed by atoms with Gasteiger partial charge in [-0.15, -0.1) is 11.3 Å². The van der Waals surface area contributed by atoms with Crippen molar-refractivity contribution in [2.45, 2.75) is 12.5 Å². The number of thiophene rings is 1. The average Bonchev–Trinajstić information content (AvgIpc) is 2.79. The summed E-state index contributed by atoms with van der Waals surface area (Å²) >= 11 is 4.85. The number of fused-ring (bicyclic) bond motifs is 1. The molecule has 0 spiro atoms. The third-order valence-electron chi connectivity index (χ3n) is 3.13. The van der Waals surface area contributed by atoms with Crippen LogP contribution in [0.3, 0.4) is 0 Å². The highest BCUT2D eigenvalue weighted by atomic mass is 79.9. The van der Waals surface area contributed by atoms with E-state index in [4.69, 9.17) is 0 Å². The highest BCUT2D eigenvalue weighted by molar-refractivity contribution is 9.11. The van der Waals surface area contributed by atoms with Crippen molar-refractivity contribution in [2.75, 3.05) is 10.6 Å². The van der Waals surface area contributed by atoms with Crippen LogP contribution in [0.5, 0.6) is 0 Å². The van der Waals surface area contributed by atoms with Crippen molar-refractivity contribution in [3.05, 3.63) is 44.6 Å². The number of halogens is 1. The van der Waals surface area contributed by atoms with Gasteiger partial charge in [0.15, 0.2) is 0 Å². The zero-order chi connectivity index (χ0) is 15.0. The third kappa shape index (κ3) is 2.99. The molecule has 1 aromatic carbocycles. The van der Waals surface area contributed by atoms with E-state index < -0.39 is 6.10 Å². The first kappa shape index (κ1) is 14.2. The van der Waals surface area contributed by atoms with E-state index in [1.54, 1.807) is 18.2 Å². The van der Waals surface area contributed by atoms with Gasteiger partial charge in [-0.1, -0.05) is 6.07 Å². The van der Waals surface area contributed by atoms with E-state index in [0.717, 1.165) is 9.35 Å². The van der Waals surface area contributed by atoms with E-state index in [9.17, 15) is 14.7 Å². The Balaban J connectivity index is 1.95. The van der Waals surface area contributed by atoms with Crippen molar-refractivity contribution in [2.24, 2.45) is 0 Å². The van der Waals surface area contributed by atoms with Crippen molar-refractivity contribution in [1.29, 1.82) is 0 Å². The molecular formula is C14H11BrN2O3S. The van der Waals surface area contributed by atoms with Gasteiger partial charge in [0, 0.05) is 0 Å². The van der Waals surface area contributed by atoms with Crippen LogP contribution in [0.2, 0.25) is 0 Å². The van der Waals surface area contributed by atoms with Crippen LogP contribution in [-0.4, -0.2) is 16.9 Å². The number of benzene rings is 1. The Morgan fingerprint density at radius 2 is 1.81 bits per heavy atom. The van der Waals surface area contributed by atoms with Crippen molar-refractivity contribution in [1.82, 2.24) is 0 Å². The number of nitrogens with one attached hydrogen (secondary N) is 2. The molecule has 0 saturated carbocycles. The molecule has 3 rings (SSSR count). The second-order valence-corrected chi connectivity index (χ2v) is 6.96. The van der Waals surface area contributed by atoms with Gasteiger partial charge in [-0.25, -0.2) is 0 Å². The van der Waals surface area contributed by atoms with Crippen molar-refractivity contribution < 1.29 is 14.7 Å². The van der Waals surface area contributed by atoms with E-state index >= 15 is 0 Å². The Bertz CT molecular complexity index is 729. The second kappa shape index (κ2) is 5.59.